The van der Waals surface area contributed by atoms with Crippen molar-refractivity contribution in [3.63, 3.8) is 0 Å². The van der Waals surface area contributed by atoms with E-state index in [1.165, 1.54) is 0 Å². The van der Waals surface area contributed by atoms with Crippen molar-refractivity contribution >= 4 is 23.4 Å². The average molecular weight is 385 g/mol. The van der Waals surface area contributed by atoms with E-state index in [-0.39, 0.29) is 11.8 Å². The molecule has 2 aliphatic heterocycles. The Morgan fingerprint density at radius 1 is 1.15 bits per heavy atom. The molecule has 0 radical (unpaired) electrons. The van der Waals surface area contributed by atoms with E-state index in [0.717, 1.165) is 37.1 Å². The fraction of sp³-hybridized carbons (Fsp3) is 0.333. The molecule has 2 heterocycles. The molecular formula is C21H21ClN2O3. The summed E-state index contributed by atoms with van der Waals surface area (Å²) in [5.74, 6) is 0.600. The number of amides is 2. The van der Waals surface area contributed by atoms with Crippen LogP contribution in [0.2, 0.25) is 5.02 Å². The summed E-state index contributed by atoms with van der Waals surface area (Å²) >= 11 is 5.99. The van der Waals surface area contributed by atoms with Crippen LogP contribution >= 0.6 is 11.6 Å². The predicted molar refractivity (Wildman–Crippen MR) is 103 cm³/mol. The fourth-order valence-electron chi connectivity index (χ4n) is 3.58. The summed E-state index contributed by atoms with van der Waals surface area (Å²) in [7, 11) is 0. The lowest BCUT2D eigenvalue weighted by atomic mass is 10.1. The molecule has 1 atom stereocenters. The molecule has 0 spiro atoms. The number of fused-ring (bicyclic) bond motifs is 1. The Morgan fingerprint density at radius 3 is 2.78 bits per heavy atom. The van der Waals surface area contributed by atoms with Gasteiger partial charge >= 0.3 is 0 Å². The molecule has 6 heteroatoms. The average Bonchev–Trinajstić information content (AvgIpc) is 3.35. The molecule has 1 fully saturated rings. The maximum Gasteiger partial charge on any atom is 0.261 e. The van der Waals surface area contributed by atoms with E-state index in [4.69, 9.17) is 16.3 Å². The number of hydrogen-bond acceptors (Lipinski definition) is 3. The van der Waals surface area contributed by atoms with Crippen LogP contribution in [-0.2, 0) is 17.8 Å². The first kappa shape index (κ1) is 17.9. The van der Waals surface area contributed by atoms with Crippen molar-refractivity contribution in [3.05, 3.63) is 64.2 Å². The van der Waals surface area contributed by atoms with Crippen LogP contribution in [-0.4, -0.2) is 35.9 Å². The van der Waals surface area contributed by atoms with E-state index in [1.807, 2.05) is 35.2 Å². The number of rotatable bonds is 4. The number of hydrogen-bond donors (Lipinski definition) is 1. The number of carbonyl (C=O) groups is 2. The Kier molecular flexibility index (Phi) is 5.03. The zero-order valence-electron chi connectivity index (χ0n) is 14.9. The summed E-state index contributed by atoms with van der Waals surface area (Å²) in [4.78, 5) is 26.8. The smallest absolute Gasteiger partial charge is 0.261 e. The van der Waals surface area contributed by atoms with Crippen LogP contribution in [0.1, 0.15) is 34.3 Å². The van der Waals surface area contributed by atoms with Gasteiger partial charge in [-0.25, -0.2) is 0 Å². The highest BCUT2D eigenvalue weighted by Crippen LogP contribution is 2.31. The highest BCUT2D eigenvalue weighted by molar-refractivity contribution is 6.30. The number of ether oxygens (including phenoxy) is 1. The van der Waals surface area contributed by atoms with Crippen LogP contribution in [0.25, 0.3) is 0 Å². The molecule has 4 rings (SSSR count). The van der Waals surface area contributed by atoms with Crippen molar-refractivity contribution in [2.45, 2.75) is 31.9 Å². The van der Waals surface area contributed by atoms with Crippen molar-refractivity contribution < 1.29 is 14.3 Å². The van der Waals surface area contributed by atoms with Gasteiger partial charge in [0, 0.05) is 36.6 Å². The molecule has 1 unspecified atom stereocenters. The van der Waals surface area contributed by atoms with Gasteiger partial charge in [0.2, 0.25) is 0 Å². The Hall–Kier alpha value is -2.53. The topological polar surface area (TPSA) is 58.6 Å². The zero-order valence-corrected chi connectivity index (χ0v) is 15.7. The molecule has 0 aromatic heterocycles. The fourth-order valence-corrected chi connectivity index (χ4v) is 3.78. The Bertz CT molecular complexity index is 877. The van der Waals surface area contributed by atoms with E-state index >= 15 is 0 Å². The highest BCUT2D eigenvalue weighted by Gasteiger charge is 2.29. The summed E-state index contributed by atoms with van der Waals surface area (Å²) in [5.41, 5.74) is 2.51. The van der Waals surface area contributed by atoms with Gasteiger partial charge in [0.25, 0.3) is 11.8 Å². The minimum absolute atomic E-state index is 0.0622. The van der Waals surface area contributed by atoms with Gasteiger partial charge in [-0.3, -0.25) is 9.59 Å². The Morgan fingerprint density at radius 2 is 1.96 bits per heavy atom. The van der Waals surface area contributed by atoms with Gasteiger partial charge in [0.1, 0.15) is 5.75 Å². The van der Waals surface area contributed by atoms with Gasteiger partial charge in [0.05, 0.1) is 0 Å². The lowest BCUT2D eigenvalue weighted by Gasteiger charge is -2.16. The minimum atomic E-state index is -0.548. The van der Waals surface area contributed by atoms with E-state index in [2.05, 4.69) is 5.32 Å². The summed E-state index contributed by atoms with van der Waals surface area (Å²) in [6.45, 7) is 2.00. The third kappa shape index (κ3) is 3.93. The SMILES string of the molecule is O=C(NCc1cccc(C(=O)N2CCCC2)c1)C1Cc2cc(Cl)ccc2O1. The highest BCUT2D eigenvalue weighted by atomic mass is 35.5. The van der Waals surface area contributed by atoms with Crippen molar-refractivity contribution in [3.8, 4) is 5.75 Å². The summed E-state index contributed by atoms with van der Waals surface area (Å²) in [6, 6.07) is 12.8. The number of benzene rings is 2. The lowest BCUT2D eigenvalue weighted by molar-refractivity contribution is -0.127. The second-order valence-corrected chi connectivity index (χ2v) is 7.42. The van der Waals surface area contributed by atoms with Crippen LogP contribution in [0.15, 0.2) is 42.5 Å². The maximum absolute atomic E-state index is 12.5. The molecule has 2 aromatic carbocycles. The van der Waals surface area contributed by atoms with Crippen molar-refractivity contribution in [2.75, 3.05) is 13.1 Å². The lowest BCUT2D eigenvalue weighted by Crippen LogP contribution is -2.37. The first-order valence-electron chi connectivity index (χ1n) is 9.21. The van der Waals surface area contributed by atoms with Crippen LogP contribution in [0, 0.1) is 0 Å². The van der Waals surface area contributed by atoms with E-state index in [0.29, 0.717) is 29.3 Å². The first-order valence-corrected chi connectivity index (χ1v) is 9.59. The molecule has 1 saturated heterocycles. The molecule has 0 aliphatic carbocycles. The van der Waals surface area contributed by atoms with Gasteiger partial charge in [0.15, 0.2) is 6.10 Å². The summed E-state index contributed by atoms with van der Waals surface area (Å²) < 4.78 is 5.71. The standard InChI is InChI=1S/C21H21ClN2O3/c22-17-6-7-18-16(11-17)12-19(27-18)20(25)23-13-14-4-3-5-15(10-14)21(26)24-8-1-2-9-24/h3-7,10-11,19H,1-2,8-9,12-13H2,(H,23,25). The second-order valence-electron chi connectivity index (χ2n) is 6.98. The minimum Gasteiger partial charge on any atom is -0.480 e. The van der Waals surface area contributed by atoms with Crippen molar-refractivity contribution in [2.24, 2.45) is 0 Å². The maximum atomic E-state index is 12.5. The van der Waals surface area contributed by atoms with Gasteiger partial charge in [-0.1, -0.05) is 23.7 Å². The van der Waals surface area contributed by atoms with Crippen molar-refractivity contribution in [1.29, 1.82) is 0 Å². The van der Waals surface area contributed by atoms with E-state index in [1.54, 1.807) is 12.1 Å². The van der Waals surface area contributed by atoms with Crippen LogP contribution in [0.4, 0.5) is 0 Å². The summed E-state index contributed by atoms with van der Waals surface area (Å²) in [6.07, 6.45) is 2.09. The number of likely N-dealkylation sites (tertiary alicyclic amines) is 1. The van der Waals surface area contributed by atoms with E-state index < -0.39 is 6.10 Å². The molecular weight excluding hydrogens is 364 g/mol. The van der Waals surface area contributed by atoms with Gasteiger partial charge < -0.3 is 15.0 Å². The van der Waals surface area contributed by atoms with Gasteiger partial charge in [-0.05, 0) is 54.3 Å². The number of carbonyl (C=O) groups excluding carboxylic acids is 2. The van der Waals surface area contributed by atoms with Crippen LogP contribution in [0.3, 0.4) is 0 Å². The number of nitrogens with one attached hydrogen (secondary N) is 1. The summed E-state index contributed by atoms with van der Waals surface area (Å²) in [5, 5.41) is 3.54. The van der Waals surface area contributed by atoms with E-state index in [9.17, 15) is 9.59 Å². The molecule has 140 valence electrons. The molecule has 2 aromatic rings. The molecule has 2 amide bonds. The molecule has 1 N–H and O–H groups in total. The molecule has 0 bridgehead atoms. The number of halogens is 1. The Balaban J connectivity index is 1.36. The zero-order chi connectivity index (χ0) is 18.8. The van der Waals surface area contributed by atoms with Crippen LogP contribution < -0.4 is 10.1 Å². The van der Waals surface area contributed by atoms with Crippen LogP contribution in [0.5, 0.6) is 5.75 Å². The second kappa shape index (κ2) is 7.61. The third-order valence-electron chi connectivity index (χ3n) is 5.02. The molecule has 5 nitrogen and oxygen atoms in total. The monoisotopic (exact) mass is 384 g/mol. The molecule has 2 aliphatic rings. The first-order chi connectivity index (χ1) is 13.1. The third-order valence-corrected chi connectivity index (χ3v) is 5.26. The quantitative estimate of drug-likeness (QED) is 0.880. The molecule has 27 heavy (non-hydrogen) atoms. The molecule has 0 saturated carbocycles. The predicted octanol–water partition coefficient (Wildman–Crippen LogP) is 3.20. The normalized spacial score (nSPS) is 18.1. The number of nitrogens with zero attached hydrogens (tertiary/aromatic N) is 1. The van der Waals surface area contributed by atoms with Crippen molar-refractivity contribution in [1.82, 2.24) is 10.2 Å². The van der Waals surface area contributed by atoms with Gasteiger partial charge in [-0.2, -0.15) is 0 Å². The Labute approximate surface area is 163 Å². The van der Waals surface area contributed by atoms with Gasteiger partial charge in [-0.15, -0.1) is 0 Å². The largest absolute Gasteiger partial charge is 0.480 e.